The number of aliphatic carboxylic acids is 1. The second-order valence-corrected chi connectivity index (χ2v) is 3.23. The van der Waals surface area contributed by atoms with Crippen molar-refractivity contribution < 1.29 is 14.3 Å². The van der Waals surface area contributed by atoms with Gasteiger partial charge in [0.15, 0.2) is 0 Å². The van der Waals surface area contributed by atoms with Gasteiger partial charge in [-0.3, -0.25) is 0 Å². The largest absolute Gasteiger partial charge is 0.545 e. The zero-order valence-electron chi connectivity index (χ0n) is 8.42. The summed E-state index contributed by atoms with van der Waals surface area (Å²) in [4.78, 5) is 11.0. The highest BCUT2D eigenvalue weighted by Crippen LogP contribution is 2.17. The van der Waals surface area contributed by atoms with Gasteiger partial charge in [0.2, 0.25) is 0 Å². The van der Waals surface area contributed by atoms with Crippen molar-refractivity contribution in [2.45, 2.75) is 0 Å². The standard InChI is InChI=1S/C13H10O3/c14-13(15)12(9-11-7-4-8-16-11)10-5-2-1-3-6-10/h1-9H,(H,14,15)/p-1/b12-9+. The highest BCUT2D eigenvalue weighted by Gasteiger charge is 2.03. The van der Waals surface area contributed by atoms with Crippen LogP contribution in [0.25, 0.3) is 11.6 Å². The number of rotatable bonds is 3. The van der Waals surface area contributed by atoms with Crippen LogP contribution in [0.1, 0.15) is 11.3 Å². The van der Waals surface area contributed by atoms with Crippen LogP contribution >= 0.6 is 0 Å². The van der Waals surface area contributed by atoms with E-state index in [2.05, 4.69) is 0 Å². The first-order valence-corrected chi connectivity index (χ1v) is 4.79. The Kier molecular flexibility index (Phi) is 2.87. The lowest BCUT2D eigenvalue weighted by molar-refractivity contribution is -0.295. The molecule has 0 saturated carbocycles. The molecule has 0 aliphatic heterocycles. The second kappa shape index (κ2) is 4.49. The fraction of sp³-hybridized carbons (Fsp3) is 0. The molecule has 0 aliphatic rings. The highest BCUT2D eigenvalue weighted by atomic mass is 16.4. The van der Waals surface area contributed by atoms with Gasteiger partial charge in [0.05, 0.1) is 12.2 Å². The van der Waals surface area contributed by atoms with E-state index in [-0.39, 0.29) is 5.57 Å². The molecule has 1 aromatic heterocycles. The minimum Gasteiger partial charge on any atom is -0.545 e. The number of hydrogen-bond acceptors (Lipinski definition) is 3. The fourth-order valence-electron chi connectivity index (χ4n) is 1.39. The molecule has 1 aromatic carbocycles. The van der Waals surface area contributed by atoms with Crippen molar-refractivity contribution in [2.75, 3.05) is 0 Å². The average Bonchev–Trinajstić information content (AvgIpc) is 2.79. The molecule has 2 aromatic rings. The predicted molar refractivity (Wildman–Crippen MR) is 58.0 cm³/mol. The molecule has 0 aliphatic carbocycles. The predicted octanol–water partition coefficient (Wildman–Crippen LogP) is 1.57. The molecule has 0 amide bonds. The molecule has 80 valence electrons. The van der Waals surface area contributed by atoms with Gasteiger partial charge in [-0.25, -0.2) is 0 Å². The minimum atomic E-state index is -1.22. The van der Waals surface area contributed by atoms with E-state index in [9.17, 15) is 9.90 Å². The molecule has 0 spiro atoms. The number of furan rings is 1. The van der Waals surface area contributed by atoms with Gasteiger partial charge >= 0.3 is 0 Å². The van der Waals surface area contributed by atoms with Crippen LogP contribution in [0, 0.1) is 0 Å². The van der Waals surface area contributed by atoms with Crippen molar-refractivity contribution in [1.29, 1.82) is 0 Å². The van der Waals surface area contributed by atoms with E-state index in [4.69, 9.17) is 4.42 Å². The van der Waals surface area contributed by atoms with Gasteiger partial charge in [0.1, 0.15) is 5.76 Å². The molecule has 3 nitrogen and oxygen atoms in total. The van der Waals surface area contributed by atoms with E-state index in [0.717, 1.165) is 0 Å². The van der Waals surface area contributed by atoms with E-state index >= 15 is 0 Å². The zero-order valence-corrected chi connectivity index (χ0v) is 8.42. The minimum absolute atomic E-state index is 0.107. The molecular formula is C13H9O3-. The summed E-state index contributed by atoms with van der Waals surface area (Å²) in [5.41, 5.74) is 0.703. The van der Waals surface area contributed by atoms with Crippen LogP contribution in [0.15, 0.2) is 53.1 Å². The molecule has 0 fully saturated rings. The van der Waals surface area contributed by atoms with Crippen LogP contribution in [0.3, 0.4) is 0 Å². The van der Waals surface area contributed by atoms with Crippen LogP contribution in [-0.2, 0) is 4.79 Å². The van der Waals surface area contributed by atoms with Gasteiger partial charge in [-0.05, 0) is 23.8 Å². The Labute approximate surface area is 92.6 Å². The first-order chi connectivity index (χ1) is 7.77. The molecule has 0 radical (unpaired) electrons. The summed E-state index contributed by atoms with van der Waals surface area (Å²) in [7, 11) is 0. The molecular weight excluding hydrogens is 204 g/mol. The Morgan fingerprint density at radius 3 is 2.44 bits per heavy atom. The van der Waals surface area contributed by atoms with E-state index in [1.54, 1.807) is 36.4 Å². The smallest absolute Gasteiger partial charge is 0.127 e. The number of carboxylic acids is 1. The Bertz CT molecular complexity index is 495. The van der Waals surface area contributed by atoms with Gasteiger partial charge in [-0.2, -0.15) is 0 Å². The van der Waals surface area contributed by atoms with Gasteiger partial charge < -0.3 is 14.3 Å². The molecule has 0 bridgehead atoms. The Hall–Kier alpha value is -2.29. The maximum absolute atomic E-state index is 11.0. The fourth-order valence-corrected chi connectivity index (χ4v) is 1.39. The molecule has 0 N–H and O–H groups in total. The normalized spacial score (nSPS) is 11.4. The number of carboxylic acid groups (broad SMARTS) is 1. The van der Waals surface area contributed by atoms with Gasteiger partial charge in [0.25, 0.3) is 0 Å². The lowest BCUT2D eigenvalue weighted by atomic mass is 10.1. The maximum atomic E-state index is 11.0. The Morgan fingerprint density at radius 2 is 1.88 bits per heavy atom. The first-order valence-electron chi connectivity index (χ1n) is 4.79. The third kappa shape index (κ3) is 2.20. The Morgan fingerprint density at radius 1 is 1.12 bits per heavy atom. The maximum Gasteiger partial charge on any atom is 0.127 e. The summed E-state index contributed by atoms with van der Waals surface area (Å²) in [6.45, 7) is 0. The second-order valence-electron chi connectivity index (χ2n) is 3.23. The SMILES string of the molecule is O=C([O-])/C(=C/c1ccco1)c1ccccc1. The molecule has 0 unspecified atom stereocenters. The summed E-state index contributed by atoms with van der Waals surface area (Å²) >= 11 is 0. The lowest BCUT2D eigenvalue weighted by Gasteiger charge is -2.07. The van der Waals surface area contributed by atoms with Crippen LogP contribution in [-0.4, -0.2) is 5.97 Å². The van der Waals surface area contributed by atoms with Crippen LogP contribution in [0.4, 0.5) is 0 Å². The van der Waals surface area contributed by atoms with Crippen molar-refractivity contribution in [3.05, 3.63) is 60.1 Å². The molecule has 0 atom stereocenters. The van der Waals surface area contributed by atoms with Crippen molar-refractivity contribution in [1.82, 2.24) is 0 Å². The van der Waals surface area contributed by atoms with Gasteiger partial charge in [0, 0.05) is 5.57 Å². The molecule has 2 rings (SSSR count). The summed E-state index contributed by atoms with van der Waals surface area (Å²) in [5.74, 6) is -0.731. The van der Waals surface area contributed by atoms with Gasteiger partial charge in [-0.1, -0.05) is 30.3 Å². The van der Waals surface area contributed by atoms with Crippen LogP contribution in [0.5, 0.6) is 0 Å². The van der Waals surface area contributed by atoms with Crippen molar-refractivity contribution in [3.63, 3.8) is 0 Å². The Balaban J connectivity index is 2.43. The summed E-state index contributed by atoms with van der Waals surface area (Å²) < 4.78 is 5.07. The third-order valence-electron chi connectivity index (χ3n) is 2.13. The first kappa shape index (κ1) is 10.2. The topological polar surface area (TPSA) is 53.3 Å². The van der Waals surface area contributed by atoms with E-state index < -0.39 is 5.97 Å². The lowest BCUT2D eigenvalue weighted by Crippen LogP contribution is -2.23. The monoisotopic (exact) mass is 213 g/mol. The number of carbonyl (C=O) groups excluding carboxylic acids is 1. The number of hydrogen-bond donors (Lipinski definition) is 0. The van der Waals surface area contributed by atoms with Gasteiger partial charge in [-0.15, -0.1) is 0 Å². The highest BCUT2D eigenvalue weighted by molar-refractivity contribution is 6.19. The summed E-state index contributed by atoms with van der Waals surface area (Å²) in [6, 6.07) is 12.2. The zero-order chi connectivity index (χ0) is 11.4. The molecule has 3 heteroatoms. The number of benzene rings is 1. The van der Waals surface area contributed by atoms with Crippen molar-refractivity contribution in [3.8, 4) is 0 Å². The summed E-state index contributed by atoms with van der Waals surface area (Å²) in [6.07, 6.45) is 2.94. The average molecular weight is 213 g/mol. The van der Waals surface area contributed by atoms with Crippen molar-refractivity contribution >= 4 is 17.6 Å². The molecule has 16 heavy (non-hydrogen) atoms. The van der Waals surface area contributed by atoms with E-state index in [1.807, 2.05) is 6.07 Å². The molecule has 1 heterocycles. The number of carbonyl (C=O) groups is 1. The summed E-state index contributed by atoms with van der Waals surface area (Å²) in [5, 5.41) is 11.0. The molecule has 0 saturated heterocycles. The van der Waals surface area contributed by atoms with Crippen LogP contribution in [0.2, 0.25) is 0 Å². The van der Waals surface area contributed by atoms with Crippen LogP contribution < -0.4 is 5.11 Å². The van der Waals surface area contributed by atoms with E-state index in [0.29, 0.717) is 11.3 Å². The third-order valence-corrected chi connectivity index (χ3v) is 2.13. The quantitative estimate of drug-likeness (QED) is 0.727. The van der Waals surface area contributed by atoms with E-state index in [1.165, 1.54) is 12.3 Å². The van der Waals surface area contributed by atoms with Crippen molar-refractivity contribution in [2.24, 2.45) is 0 Å².